The second kappa shape index (κ2) is 7.26. The van der Waals surface area contributed by atoms with Gasteiger partial charge < -0.3 is 19.3 Å². The Morgan fingerprint density at radius 1 is 1.23 bits per heavy atom. The third-order valence-corrected chi connectivity index (χ3v) is 1.40. The molecule has 1 fully saturated rings. The van der Waals surface area contributed by atoms with Gasteiger partial charge in [-0.2, -0.15) is 0 Å². The van der Waals surface area contributed by atoms with Gasteiger partial charge in [-0.3, -0.25) is 0 Å². The van der Waals surface area contributed by atoms with Crippen LogP contribution in [0.4, 0.5) is 0 Å². The summed E-state index contributed by atoms with van der Waals surface area (Å²) < 4.78 is 14.3. The first-order valence-corrected chi connectivity index (χ1v) is 4.70. The van der Waals surface area contributed by atoms with Gasteiger partial charge in [-0.15, -0.1) is 0 Å². The van der Waals surface area contributed by atoms with Crippen molar-refractivity contribution >= 4 is 0 Å². The minimum Gasteiger partial charge on any atom is -0.381 e. The predicted molar refractivity (Wildman–Crippen MR) is 49.3 cm³/mol. The van der Waals surface area contributed by atoms with E-state index in [0.717, 1.165) is 13.2 Å². The molecular weight excluding hydrogens is 172 g/mol. The van der Waals surface area contributed by atoms with Crippen molar-refractivity contribution in [1.82, 2.24) is 0 Å². The summed E-state index contributed by atoms with van der Waals surface area (Å²) in [6.07, 6.45) is 1.28. The van der Waals surface area contributed by atoms with E-state index in [1.54, 1.807) is 13.8 Å². The van der Waals surface area contributed by atoms with Gasteiger partial charge in [0.1, 0.15) is 0 Å². The van der Waals surface area contributed by atoms with Crippen molar-refractivity contribution < 1.29 is 19.3 Å². The fourth-order valence-electron chi connectivity index (χ4n) is 0.722. The maximum absolute atomic E-state index is 9.07. The summed E-state index contributed by atoms with van der Waals surface area (Å²) in [5, 5.41) is 9.07. The number of hydrogen-bond donors (Lipinski definition) is 1. The molecule has 1 saturated heterocycles. The molecule has 0 unspecified atom stereocenters. The number of ether oxygens (including phenoxy) is 3. The summed E-state index contributed by atoms with van der Waals surface area (Å²) in [6.45, 7) is 7.97. The van der Waals surface area contributed by atoms with Crippen molar-refractivity contribution in [2.24, 2.45) is 0 Å². The lowest BCUT2D eigenvalue weighted by molar-refractivity contribution is -0.345. The van der Waals surface area contributed by atoms with E-state index in [1.807, 2.05) is 0 Å². The Morgan fingerprint density at radius 3 is 1.69 bits per heavy atom. The molecule has 0 atom stereocenters. The van der Waals surface area contributed by atoms with Crippen LogP contribution in [-0.2, 0) is 14.2 Å². The molecule has 0 aromatic rings. The first kappa shape index (κ1) is 12.8. The molecule has 1 N–H and O–H groups in total. The van der Waals surface area contributed by atoms with Gasteiger partial charge in [0.25, 0.3) is 5.97 Å². The van der Waals surface area contributed by atoms with Crippen molar-refractivity contribution in [2.75, 3.05) is 26.4 Å². The Bertz CT molecular complexity index is 98.2. The minimum absolute atomic E-state index is 0.451. The zero-order valence-electron chi connectivity index (χ0n) is 8.71. The molecular formula is C9H20O4. The van der Waals surface area contributed by atoms with Crippen molar-refractivity contribution in [3.63, 3.8) is 0 Å². The van der Waals surface area contributed by atoms with Gasteiger partial charge in [-0.05, 0) is 20.3 Å². The number of hydrogen-bond acceptors (Lipinski definition) is 4. The third kappa shape index (κ3) is 8.18. The molecule has 0 aromatic heterocycles. The van der Waals surface area contributed by atoms with Crippen molar-refractivity contribution in [3.05, 3.63) is 0 Å². The molecule has 80 valence electrons. The van der Waals surface area contributed by atoms with E-state index in [9.17, 15) is 0 Å². The van der Waals surface area contributed by atoms with E-state index in [1.165, 1.54) is 13.3 Å². The molecule has 0 aromatic carbocycles. The molecule has 4 heteroatoms. The molecule has 1 rings (SSSR count). The maximum atomic E-state index is 9.07. The Labute approximate surface area is 79.8 Å². The van der Waals surface area contributed by atoms with Gasteiger partial charge in [-0.25, -0.2) is 0 Å². The lowest BCUT2D eigenvalue weighted by atomic mass is 10.4. The van der Waals surface area contributed by atoms with Gasteiger partial charge in [0, 0.05) is 33.4 Å². The summed E-state index contributed by atoms with van der Waals surface area (Å²) in [5.41, 5.74) is 0. The van der Waals surface area contributed by atoms with E-state index in [0.29, 0.717) is 13.2 Å². The van der Waals surface area contributed by atoms with Crippen LogP contribution in [0.1, 0.15) is 27.2 Å². The zero-order chi connectivity index (χ0) is 10.2. The van der Waals surface area contributed by atoms with Crippen LogP contribution < -0.4 is 0 Å². The fraction of sp³-hybridized carbons (Fsp3) is 1.00. The van der Waals surface area contributed by atoms with Gasteiger partial charge in [-0.1, -0.05) is 0 Å². The smallest absolute Gasteiger partial charge is 0.277 e. The summed E-state index contributed by atoms with van der Waals surface area (Å²) in [5.74, 6) is -1.40. The van der Waals surface area contributed by atoms with Crippen LogP contribution >= 0.6 is 0 Å². The SMILES string of the molecule is C1COC1.CCOC(C)(O)OCC. The number of aliphatic hydroxyl groups is 1. The number of rotatable bonds is 4. The second-order valence-corrected chi connectivity index (χ2v) is 2.73. The second-order valence-electron chi connectivity index (χ2n) is 2.73. The summed E-state index contributed by atoms with van der Waals surface area (Å²) in [6, 6.07) is 0. The third-order valence-electron chi connectivity index (χ3n) is 1.40. The van der Waals surface area contributed by atoms with Crippen LogP contribution in [0, 0.1) is 0 Å². The highest BCUT2D eigenvalue weighted by molar-refractivity contribution is 4.41. The average molecular weight is 192 g/mol. The molecule has 0 aliphatic carbocycles. The van der Waals surface area contributed by atoms with Crippen molar-refractivity contribution in [1.29, 1.82) is 0 Å². The molecule has 1 heterocycles. The van der Waals surface area contributed by atoms with Gasteiger partial charge in [0.05, 0.1) is 0 Å². The quantitative estimate of drug-likeness (QED) is 0.678. The molecule has 0 radical (unpaired) electrons. The Kier molecular flexibility index (Phi) is 7.17. The topological polar surface area (TPSA) is 47.9 Å². The largest absolute Gasteiger partial charge is 0.381 e. The molecule has 0 amide bonds. The Morgan fingerprint density at radius 2 is 1.54 bits per heavy atom. The normalized spacial score (nSPS) is 15.7. The molecule has 0 bridgehead atoms. The highest BCUT2D eigenvalue weighted by Crippen LogP contribution is 2.05. The van der Waals surface area contributed by atoms with Crippen LogP contribution in [0.25, 0.3) is 0 Å². The van der Waals surface area contributed by atoms with E-state index in [4.69, 9.17) is 19.3 Å². The summed E-state index contributed by atoms with van der Waals surface area (Å²) >= 11 is 0. The fourth-order valence-corrected chi connectivity index (χ4v) is 0.722. The van der Waals surface area contributed by atoms with E-state index < -0.39 is 5.97 Å². The minimum atomic E-state index is -1.40. The Hall–Kier alpha value is -0.160. The molecule has 1 aliphatic heterocycles. The van der Waals surface area contributed by atoms with Crippen LogP contribution in [-0.4, -0.2) is 37.5 Å². The highest BCUT2D eigenvalue weighted by atomic mass is 16.8. The lowest BCUT2D eigenvalue weighted by Gasteiger charge is -2.21. The molecule has 1 aliphatic rings. The lowest BCUT2D eigenvalue weighted by Crippen LogP contribution is -2.31. The van der Waals surface area contributed by atoms with Crippen molar-refractivity contribution in [3.8, 4) is 0 Å². The standard InChI is InChI=1S/C6H14O3.C3H6O/c1-4-8-6(3,7)9-5-2;1-2-4-3-1/h7H,4-5H2,1-3H3;1-3H2. The summed E-state index contributed by atoms with van der Waals surface area (Å²) in [7, 11) is 0. The van der Waals surface area contributed by atoms with E-state index >= 15 is 0 Å². The molecule has 0 spiro atoms. The average Bonchev–Trinajstić information content (AvgIpc) is 1.81. The molecule has 4 nitrogen and oxygen atoms in total. The van der Waals surface area contributed by atoms with Gasteiger partial charge in [0.2, 0.25) is 0 Å². The Balaban J connectivity index is 0.000000293. The highest BCUT2D eigenvalue weighted by Gasteiger charge is 2.18. The zero-order valence-corrected chi connectivity index (χ0v) is 8.71. The van der Waals surface area contributed by atoms with Crippen LogP contribution in [0.5, 0.6) is 0 Å². The molecule has 0 saturated carbocycles. The predicted octanol–water partition coefficient (Wildman–Crippen LogP) is 1.13. The first-order valence-electron chi connectivity index (χ1n) is 4.70. The monoisotopic (exact) mass is 192 g/mol. The van der Waals surface area contributed by atoms with Crippen molar-refractivity contribution in [2.45, 2.75) is 33.2 Å². The van der Waals surface area contributed by atoms with E-state index in [-0.39, 0.29) is 0 Å². The van der Waals surface area contributed by atoms with Crippen LogP contribution in [0.3, 0.4) is 0 Å². The van der Waals surface area contributed by atoms with Crippen LogP contribution in [0.2, 0.25) is 0 Å². The first-order chi connectivity index (χ1) is 6.12. The van der Waals surface area contributed by atoms with Crippen LogP contribution in [0.15, 0.2) is 0 Å². The summed E-state index contributed by atoms with van der Waals surface area (Å²) in [4.78, 5) is 0. The van der Waals surface area contributed by atoms with E-state index in [2.05, 4.69) is 0 Å². The van der Waals surface area contributed by atoms with Gasteiger partial charge >= 0.3 is 0 Å². The molecule has 13 heavy (non-hydrogen) atoms. The maximum Gasteiger partial charge on any atom is 0.277 e. The van der Waals surface area contributed by atoms with Gasteiger partial charge in [0.15, 0.2) is 0 Å².